The van der Waals surface area contributed by atoms with Crippen LogP contribution < -0.4 is 10.6 Å². The minimum Gasteiger partial charge on any atom is -0.480 e. The highest BCUT2D eigenvalue weighted by Crippen LogP contribution is 2.22. The van der Waals surface area contributed by atoms with Crippen LogP contribution in [0.15, 0.2) is 54.6 Å². The number of alkyl carbamates (subject to hydrolysis) is 2. The Hall–Kier alpha value is -3.55. The maximum absolute atomic E-state index is 12.5. The van der Waals surface area contributed by atoms with Crippen LogP contribution in [0, 0.1) is 0 Å². The van der Waals surface area contributed by atoms with E-state index in [9.17, 15) is 19.5 Å². The molecule has 0 aliphatic rings. The number of nitrogens with one attached hydrogen (secondary N) is 2. The molecule has 0 radical (unpaired) electrons. The highest BCUT2D eigenvalue weighted by atomic mass is 16.6. The summed E-state index contributed by atoms with van der Waals surface area (Å²) in [6.45, 7) is 12.1. The van der Waals surface area contributed by atoms with Crippen molar-refractivity contribution in [1.29, 1.82) is 0 Å². The zero-order valence-corrected chi connectivity index (χ0v) is 22.9. The molecule has 37 heavy (non-hydrogen) atoms. The van der Waals surface area contributed by atoms with E-state index < -0.39 is 34.9 Å². The van der Waals surface area contributed by atoms with Crippen molar-refractivity contribution < 1.29 is 29.0 Å². The molecule has 0 bridgehead atoms. The second kappa shape index (κ2) is 12.1. The fourth-order valence-corrected chi connectivity index (χ4v) is 3.77. The third-order valence-corrected chi connectivity index (χ3v) is 5.41. The summed E-state index contributed by atoms with van der Waals surface area (Å²) in [4.78, 5) is 36.8. The van der Waals surface area contributed by atoms with E-state index in [1.54, 1.807) is 20.8 Å². The zero-order valence-electron chi connectivity index (χ0n) is 22.9. The normalized spacial score (nSPS) is 14.1. The zero-order chi connectivity index (χ0) is 27.9. The number of hydrogen-bond acceptors (Lipinski definition) is 5. The first kappa shape index (κ1) is 29.7. The van der Waals surface area contributed by atoms with Crippen molar-refractivity contribution in [1.82, 2.24) is 10.6 Å². The molecule has 0 saturated carbocycles. The summed E-state index contributed by atoms with van der Waals surface area (Å²) in [6, 6.07) is 17.0. The standard InChI is InChI=1S/C29H40N2O6/c1-27(2,3)36-25(34)30-23(22-14-9-8-10-15-22)17-16-20-12-11-13-21(18-20)19-29(7,24(32)33)31-26(35)37-28(4,5)6/h8-15,18,23H,16-17,19H2,1-7H3,(H,30,34)(H,31,35)(H,32,33). The first-order valence-corrected chi connectivity index (χ1v) is 12.4. The van der Waals surface area contributed by atoms with E-state index in [-0.39, 0.29) is 12.5 Å². The van der Waals surface area contributed by atoms with Gasteiger partial charge in [0.2, 0.25) is 0 Å². The van der Waals surface area contributed by atoms with Crippen molar-refractivity contribution in [2.75, 3.05) is 0 Å². The number of amides is 2. The van der Waals surface area contributed by atoms with E-state index in [0.29, 0.717) is 12.8 Å². The average molecular weight is 513 g/mol. The molecule has 3 N–H and O–H groups in total. The molecule has 2 aromatic carbocycles. The number of carboxylic acids is 1. The van der Waals surface area contributed by atoms with Crippen LogP contribution in [0.2, 0.25) is 0 Å². The maximum Gasteiger partial charge on any atom is 0.408 e. The van der Waals surface area contributed by atoms with Gasteiger partial charge in [0, 0.05) is 6.42 Å². The van der Waals surface area contributed by atoms with Crippen LogP contribution in [-0.2, 0) is 27.1 Å². The van der Waals surface area contributed by atoms with E-state index in [1.807, 2.05) is 75.4 Å². The summed E-state index contributed by atoms with van der Waals surface area (Å²) in [5.41, 5.74) is -0.199. The number of rotatable bonds is 9. The number of ether oxygens (including phenoxy) is 2. The van der Waals surface area contributed by atoms with E-state index in [0.717, 1.165) is 16.7 Å². The summed E-state index contributed by atoms with van der Waals surface area (Å²) in [7, 11) is 0. The predicted molar refractivity (Wildman–Crippen MR) is 142 cm³/mol. The summed E-state index contributed by atoms with van der Waals surface area (Å²) >= 11 is 0. The first-order valence-electron chi connectivity index (χ1n) is 12.4. The quantitative estimate of drug-likeness (QED) is 0.392. The van der Waals surface area contributed by atoms with Crippen LogP contribution in [-0.4, -0.2) is 40.0 Å². The Bertz CT molecular complexity index is 1070. The highest BCUT2D eigenvalue weighted by Gasteiger charge is 2.36. The van der Waals surface area contributed by atoms with Gasteiger partial charge in [0.05, 0.1) is 6.04 Å². The first-order chi connectivity index (χ1) is 17.1. The molecular weight excluding hydrogens is 472 g/mol. The lowest BCUT2D eigenvalue weighted by Crippen LogP contribution is -2.54. The lowest BCUT2D eigenvalue weighted by atomic mass is 9.91. The van der Waals surface area contributed by atoms with Gasteiger partial charge in [-0.25, -0.2) is 14.4 Å². The molecule has 8 heteroatoms. The van der Waals surface area contributed by atoms with E-state index in [1.165, 1.54) is 6.92 Å². The molecule has 0 spiro atoms. The lowest BCUT2D eigenvalue weighted by Gasteiger charge is -2.28. The van der Waals surface area contributed by atoms with E-state index >= 15 is 0 Å². The second-order valence-electron chi connectivity index (χ2n) is 11.4. The smallest absolute Gasteiger partial charge is 0.408 e. The minimum atomic E-state index is -1.55. The molecule has 0 saturated heterocycles. The van der Waals surface area contributed by atoms with Crippen molar-refractivity contribution in [3.63, 3.8) is 0 Å². The van der Waals surface area contributed by atoms with Crippen LogP contribution in [0.1, 0.15) is 77.6 Å². The third-order valence-electron chi connectivity index (χ3n) is 5.41. The van der Waals surface area contributed by atoms with Crippen LogP contribution in [0.5, 0.6) is 0 Å². The topological polar surface area (TPSA) is 114 Å². The fraction of sp³-hybridized carbons (Fsp3) is 0.483. The van der Waals surface area contributed by atoms with Gasteiger partial charge in [0.25, 0.3) is 0 Å². The van der Waals surface area contributed by atoms with Crippen LogP contribution in [0.3, 0.4) is 0 Å². The molecule has 0 fully saturated rings. The second-order valence-corrected chi connectivity index (χ2v) is 11.4. The average Bonchev–Trinajstić information content (AvgIpc) is 2.74. The van der Waals surface area contributed by atoms with Crippen molar-refractivity contribution in [2.24, 2.45) is 0 Å². The molecule has 0 heterocycles. The third kappa shape index (κ3) is 10.5. The van der Waals surface area contributed by atoms with Gasteiger partial charge < -0.3 is 25.2 Å². The molecule has 0 aliphatic heterocycles. The molecule has 2 atom stereocenters. The van der Waals surface area contributed by atoms with Crippen molar-refractivity contribution in [2.45, 2.75) is 90.5 Å². The van der Waals surface area contributed by atoms with Gasteiger partial charge in [-0.2, -0.15) is 0 Å². The summed E-state index contributed by atoms with van der Waals surface area (Å²) in [6.07, 6.45) is 0.0483. The molecule has 2 unspecified atom stereocenters. The molecule has 0 aromatic heterocycles. The van der Waals surface area contributed by atoms with Gasteiger partial charge in [-0.15, -0.1) is 0 Å². The Morgan fingerprint density at radius 2 is 1.38 bits per heavy atom. The van der Waals surface area contributed by atoms with Crippen molar-refractivity contribution in [3.8, 4) is 0 Å². The Morgan fingerprint density at radius 3 is 1.95 bits per heavy atom. The number of carbonyl (C=O) groups excluding carboxylic acids is 2. The molecule has 0 aliphatic carbocycles. The molecule has 202 valence electrons. The van der Waals surface area contributed by atoms with Crippen LogP contribution in [0.4, 0.5) is 9.59 Å². The monoisotopic (exact) mass is 512 g/mol. The number of benzene rings is 2. The lowest BCUT2D eigenvalue weighted by molar-refractivity contribution is -0.144. The van der Waals surface area contributed by atoms with Gasteiger partial charge in [-0.1, -0.05) is 54.6 Å². The van der Waals surface area contributed by atoms with Gasteiger partial charge in [0.1, 0.15) is 16.7 Å². The Labute approximate surface area is 219 Å². The summed E-state index contributed by atoms with van der Waals surface area (Å²) in [5.74, 6) is -1.16. The summed E-state index contributed by atoms with van der Waals surface area (Å²) < 4.78 is 10.7. The number of aliphatic carboxylic acids is 1. The maximum atomic E-state index is 12.5. The van der Waals surface area contributed by atoms with E-state index in [2.05, 4.69) is 10.6 Å². The number of hydrogen-bond donors (Lipinski definition) is 3. The predicted octanol–water partition coefficient (Wildman–Crippen LogP) is 5.80. The number of aryl methyl sites for hydroxylation is 1. The SMILES string of the molecule is CC(C)(C)OC(=O)NC(CCc1cccc(CC(C)(NC(=O)OC(C)(C)C)C(=O)O)c1)c1ccccc1. The van der Waals surface area contributed by atoms with E-state index in [4.69, 9.17) is 9.47 Å². The Kier molecular flexibility index (Phi) is 9.73. The molecular formula is C29H40N2O6. The highest BCUT2D eigenvalue weighted by molar-refractivity contribution is 5.84. The minimum absolute atomic E-state index is 0.0771. The van der Waals surface area contributed by atoms with Crippen LogP contribution >= 0.6 is 0 Å². The molecule has 8 nitrogen and oxygen atoms in total. The van der Waals surface area contributed by atoms with Crippen molar-refractivity contribution in [3.05, 3.63) is 71.3 Å². The largest absolute Gasteiger partial charge is 0.480 e. The number of carboxylic acid groups (broad SMARTS) is 1. The molecule has 2 amide bonds. The Morgan fingerprint density at radius 1 is 0.811 bits per heavy atom. The van der Waals surface area contributed by atoms with Gasteiger partial charge >= 0.3 is 18.2 Å². The van der Waals surface area contributed by atoms with Crippen molar-refractivity contribution >= 4 is 18.2 Å². The van der Waals surface area contributed by atoms with Gasteiger partial charge in [-0.3, -0.25) is 0 Å². The number of carbonyl (C=O) groups is 3. The van der Waals surface area contributed by atoms with Crippen LogP contribution in [0.25, 0.3) is 0 Å². The molecule has 2 aromatic rings. The Balaban J connectivity index is 2.15. The summed E-state index contributed by atoms with van der Waals surface area (Å²) in [5, 5.41) is 15.3. The van der Waals surface area contributed by atoms with Gasteiger partial charge in [-0.05, 0) is 78.0 Å². The fourth-order valence-electron chi connectivity index (χ4n) is 3.77. The molecule has 2 rings (SSSR count). The van der Waals surface area contributed by atoms with Gasteiger partial charge in [0.15, 0.2) is 0 Å².